The van der Waals surface area contributed by atoms with Crippen LogP contribution in [0.15, 0.2) is 164 Å². The van der Waals surface area contributed by atoms with Crippen molar-refractivity contribution >= 4 is 11.0 Å². The number of para-hydroxylation sites is 1. The smallest absolute Gasteiger partial charge is 0.149 e. The molecule has 9 rings (SSSR count). The summed E-state index contributed by atoms with van der Waals surface area (Å²) in [6.45, 7) is 21.3. The molecule has 342 valence electrons. The van der Waals surface area contributed by atoms with E-state index >= 15 is 0 Å². The largest absolute Gasteiger partial charge is 0.507 e. The van der Waals surface area contributed by atoms with Crippen molar-refractivity contribution in [3.63, 3.8) is 0 Å². The predicted octanol–water partition coefficient (Wildman–Crippen LogP) is 17.9. The summed E-state index contributed by atoms with van der Waals surface area (Å²) in [5.74, 6) is -3.66. The van der Waals surface area contributed by atoms with Gasteiger partial charge in [0.1, 0.15) is 11.6 Å². The highest BCUT2D eigenvalue weighted by atomic mass is 16.3. The minimum Gasteiger partial charge on any atom is -0.507 e. The second kappa shape index (κ2) is 18.6. The minimum absolute atomic E-state index is 0.0515. The fraction of sp³-hybridized carbons (Fsp3) is 0.250. The Hall–Kier alpha value is -7.04. The fourth-order valence-corrected chi connectivity index (χ4v) is 9.34. The van der Waals surface area contributed by atoms with Gasteiger partial charge in [0.25, 0.3) is 0 Å². The first-order valence-corrected chi connectivity index (χ1v) is 23.7. The van der Waals surface area contributed by atoms with Crippen LogP contribution in [0, 0.1) is 0 Å². The van der Waals surface area contributed by atoms with Crippen molar-refractivity contribution < 1.29 is 10.6 Å². The molecule has 2 aromatic heterocycles. The maximum atomic E-state index is 12.3. The van der Waals surface area contributed by atoms with Crippen LogP contribution in [-0.4, -0.2) is 19.6 Å². The molecule has 0 saturated heterocycles. The van der Waals surface area contributed by atoms with Crippen molar-refractivity contribution in [2.24, 2.45) is 0 Å². The lowest BCUT2D eigenvalue weighted by atomic mass is 9.83. The van der Waals surface area contributed by atoms with Crippen molar-refractivity contribution in [2.45, 2.75) is 105 Å². The third kappa shape index (κ3) is 8.93. The highest BCUT2D eigenvalue weighted by Crippen LogP contribution is 2.44. The Balaban J connectivity index is 1.26. The molecule has 4 nitrogen and oxygen atoms in total. The lowest BCUT2D eigenvalue weighted by Gasteiger charge is -2.22. The molecule has 0 spiro atoms. The summed E-state index contributed by atoms with van der Waals surface area (Å²) < 4.78 is 38.6. The van der Waals surface area contributed by atoms with Crippen LogP contribution in [0.4, 0.5) is 0 Å². The molecular formula is C64H65N3O. The number of hydrogen-bond donors (Lipinski definition) is 1. The van der Waals surface area contributed by atoms with Crippen molar-refractivity contribution in [1.29, 1.82) is 0 Å². The molecule has 0 aliphatic rings. The molecular weight excluding hydrogens is 827 g/mol. The molecule has 7 aromatic carbocycles. The molecule has 0 atom stereocenters. The number of fused-ring (bicyclic) bond motifs is 1. The first kappa shape index (κ1) is 41.2. The number of phenols is 1. The summed E-state index contributed by atoms with van der Waals surface area (Å²) >= 11 is 0. The van der Waals surface area contributed by atoms with Gasteiger partial charge >= 0.3 is 0 Å². The van der Waals surface area contributed by atoms with Crippen molar-refractivity contribution in [3.8, 4) is 78.6 Å². The maximum absolute atomic E-state index is 12.3. The van der Waals surface area contributed by atoms with E-state index in [9.17, 15) is 5.11 Å². The van der Waals surface area contributed by atoms with Gasteiger partial charge in [0, 0.05) is 28.5 Å². The van der Waals surface area contributed by atoms with Crippen LogP contribution >= 0.6 is 0 Å². The van der Waals surface area contributed by atoms with Crippen LogP contribution in [-0.2, 0) is 5.41 Å². The Labute approximate surface area is 410 Å². The first-order valence-electron chi connectivity index (χ1n) is 25.7. The quantitative estimate of drug-likeness (QED) is 0.141. The molecule has 0 aliphatic heterocycles. The van der Waals surface area contributed by atoms with Crippen LogP contribution in [0.5, 0.6) is 5.75 Å². The van der Waals surface area contributed by atoms with Gasteiger partial charge in [-0.1, -0.05) is 185 Å². The van der Waals surface area contributed by atoms with Crippen molar-refractivity contribution in [1.82, 2.24) is 14.5 Å². The van der Waals surface area contributed by atoms with Gasteiger partial charge in [0.15, 0.2) is 0 Å². The van der Waals surface area contributed by atoms with E-state index in [1.54, 1.807) is 19.9 Å². The normalized spacial score (nSPS) is 13.5. The molecule has 68 heavy (non-hydrogen) atoms. The Morgan fingerprint density at radius 2 is 1.09 bits per heavy atom. The summed E-state index contributed by atoms with van der Waals surface area (Å²) in [5.41, 5.74) is 16.4. The molecule has 0 fully saturated rings. The zero-order valence-electron chi connectivity index (χ0n) is 45.4. The van der Waals surface area contributed by atoms with E-state index in [1.165, 1.54) is 5.56 Å². The van der Waals surface area contributed by atoms with Crippen LogP contribution < -0.4 is 0 Å². The summed E-state index contributed by atoms with van der Waals surface area (Å²) in [5, 5.41) is 12.3. The maximum Gasteiger partial charge on any atom is 0.149 e. The van der Waals surface area contributed by atoms with Gasteiger partial charge in [0.2, 0.25) is 0 Å². The summed E-state index contributed by atoms with van der Waals surface area (Å²) in [7, 11) is 0. The van der Waals surface area contributed by atoms with E-state index in [0.29, 0.717) is 22.5 Å². The molecule has 0 radical (unpaired) electrons. The van der Waals surface area contributed by atoms with E-state index in [-0.39, 0.29) is 11.2 Å². The van der Waals surface area contributed by atoms with E-state index < -0.39 is 23.6 Å². The molecule has 0 amide bonds. The molecule has 0 bridgehead atoms. The molecule has 0 unspecified atom stereocenters. The highest BCUT2D eigenvalue weighted by Gasteiger charge is 2.25. The number of rotatable bonds is 11. The number of hydrogen-bond acceptors (Lipinski definition) is 3. The fourth-order valence-electron chi connectivity index (χ4n) is 9.34. The zero-order valence-corrected chi connectivity index (χ0v) is 41.4. The number of imidazole rings is 1. The first-order chi connectivity index (χ1) is 33.8. The number of pyridine rings is 1. The minimum atomic E-state index is -1.19. The highest BCUT2D eigenvalue weighted by molar-refractivity contribution is 5.97. The van der Waals surface area contributed by atoms with Gasteiger partial charge in [-0.05, 0) is 144 Å². The Kier molecular flexibility index (Phi) is 11.2. The average molecular weight is 896 g/mol. The molecule has 0 aliphatic carbocycles. The average Bonchev–Trinajstić information content (AvgIpc) is 3.72. The van der Waals surface area contributed by atoms with E-state index in [2.05, 4.69) is 116 Å². The number of aromatic nitrogens is 3. The van der Waals surface area contributed by atoms with Gasteiger partial charge in [-0.15, -0.1) is 0 Å². The lowest BCUT2D eigenvalue weighted by Crippen LogP contribution is -2.11. The molecule has 0 saturated carbocycles. The predicted molar refractivity (Wildman–Crippen MR) is 288 cm³/mol. The van der Waals surface area contributed by atoms with Crippen LogP contribution in [0.1, 0.15) is 133 Å². The van der Waals surface area contributed by atoms with Gasteiger partial charge in [-0.3, -0.25) is 9.55 Å². The second-order valence-electron chi connectivity index (χ2n) is 20.1. The van der Waals surface area contributed by atoms with Gasteiger partial charge in [-0.2, -0.15) is 0 Å². The van der Waals surface area contributed by atoms with Gasteiger partial charge in [-0.25, -0.2) is 4.98 Å². The number of phenolic OH excluding ortho intramolecular Hbond substituents is 1. The Bertz CT molecular complexity index is 3440. The van der Waals surface area contributed by atoms with Gasteiger partial charge in [0.05, 0.1) is 22.3 Å². The molecule has 9 aromatic rings. The van der Waals surface area contributed by atoms with Crippen molar-refractivity contribution in [3.05, 3.63) is 192 Å². The van der Waals surface area contributed by atoms with Crippen LogP contribution in [0.25, 0.3) is 83.9 Å². The summed E-state index contributed by atoms with van der Waals surface area (Å²) in [4.78, 5) is 10.5. The second-order valence-corrected chi connectivity index (χ2v) is 20.1. The zero-order chi connectivity index (χ0) is 51.7. The number of benzene rings is 7. The van der Waals surface area contributed by atoms with E-state index in [0.717, 1.165) is 83.6 Å². The number of aromatic hydroxyl groups is 1. The molecule has 1 N–H and O–H groups in total. The number of nitrogens with zero attached hydrogens (tertiary/aromatic N) is 3. The third-order valence-corrected chi connectivity index (χ3v) is 13.2. The van der Waals surface area contributed by atoms with E-state index in [1.807, 2.05) is 108 Å². The van der Waals surface area contributed by atoms with Crippen LogP contribution in [0.2, 0.25) is 0 Å². The Morgan fingerprint density at radius 1 is 0.500 bits per heavy atom. The third-order valence-electron chi connectivity index (χ3n) is 13.2. The SMILES string of the molecule is [2H]C(C)(C)c1cc(-c2nc3c(-c4cc(-c5cc(-c6ccc(-c7ccccc7)cc6)ccn5)cc(C(C)(C)C)c4)cccc3n2-c2ccc(-c3c(C([2H])(C)C)cccc3C([2H])(C)C)cc2)c(O)c(C([2H])(C)C)c1. The van der Waals surface area contributed by atoms with Crippen LogP contribution in [0.3, 0.4) is 0 Å². The lowest BCUT2D eigenvalue weighted by molar-refractivity contribution is 0.466. The topological polar surface area (TPSA) is 50.9 Å². The standard InChI is InChI=1S/C64H65N3O/c1-39(2)48-36-56(42(7)8)62(68)57(37-48)63-66-61-55(21-16-22-59(61)67(63)52-29-27-46(28-30-52)60-53(40(3)4)19-15-20-54(60)41(5)6)49-33-50(35-51(34-49)64(9,10)11)58-38-47(31-32-65-58)45-25-23-44(24-26-45)43-17-13-12-14-18-43/h12-42,68H,1-11H3/i39D,40D,41D,42D. The van der Waals surface area contributed by atoms with Crippen molar-refractivity contribution in [2.75, 3.05) is 0 Å². The Morgan fingerprint density at radius 3 is 1.71 bits per heavy atom. The molecule has 2 heterocycles. The monoisotopic (exact) mass is 896 g/mol. The van der Waals surface area contributed by atoms with Gasteiger partial charge < -0.3 is 5.11 Å². The van der Waals surface area contributed by atoms with E-state index in [4.69, 9.17) is 15.5 Å². The molecule has 4 heteroatoms. The summed E-state index contributed by atoms with van der Waals surface area (Å²) in [6.07, 6.45) is 1.88. The summed E-state index contributed by atoms with van der Waals surface area (Å²) in [6, 6.07) is 53.9.